The summed E-state index contributed by atoms with van der Waals surface area (Å²) < 4.78 is 25.4. The van der Waals surface area contributed by atoms with Gasteiger partial charge in [-0.2, -0.15) is 0 Å². The van der Waals surface area contributed by atoms with Gasteiger partial charge in [0.05, 0.1) is 0 Å². The van der Waals surface area contributed by atoms with Gasteiger partial charge in [-0.1, -0.05) is 12.1 Å². The zero-order valence-electron chi connectivity index (χ0n) is 6.55. The molecule has 1 aromatic carbocycles. The summed E-state index contributed by atoms with van der Waals surface area (Å²) >= 11 is 0. The molecule has 0 saturated carbocycles. The van der Waals surface area contributed by atoms with Gasteiger partial charge in [0.15, 0.2) is 12.0 Å². The van der Waals surface area contributed by atoms with Crippen molar-refractivity contribution in [2.24, 2.45) is 0 Å². The van der Waals surface area contributed by atoms with Crippen LogP contribution in [-0.2, 0) is 4.79 Å². The summed E-state index contributed by atoms with van der Waals surface area (Å²) in [5.41, 5.74) is 0.0718. The Labute approximate surface area is 69.0 Å². The molecule has 0 aliphatic heterocycles. The highest BCUT2D eigenvalue weighted by molar-refractivity contribution is 5.81. The van der Waals surface area contributed by atoms with Gasteiger partial charge in [0, 0.05) is 0 Å². The Morgan fingerprint density at radius 2 is 2.17 bits per heavy atom. The van der Waals surface area contributed by atoms with E-state index in [-0.39, 0.29) is 5.56 Å². The average Bonchev–Trinajstić information content (AvgIpc) is 2.03. The zero-order chi connectivity index (χ0) is 9.14. The first-order valence-electron chi connectivity index (χ1n) is 3.51. The minimum absolute atomic E-state index is 0.0718. The van der Waals surface area contributed by atoms with Crippen LogP contribution in [0.5, 0.6) is 0 Å². The molecule has 12 heavy (non-hydrogen) atoms. The van der Waals surface area contributed by atoms with Gasteiger partial charge in [-0.25, -0.2) is 8.78 Å². The summed E-state index contributed by atoms with van der Waals surface area (Å²) in [5.74, 6) is -1.14. The van der Waals surface area contributed by atoms with E-state index in [9.17, 15) is 13.6 Å². The molecule has 1 atom stereocenters. The molecule has 0 amide bonds. The van der Waals surface area contributed by atoms with Crippen LogP contribution in [0.3, 0.4) is 0 Å². The molecule has 1 aromatic rings. The first-order valence-corrected chi connectivity index (χ1v) is 3.51. The third-order valence-corrected chi connectivity index (χ3v) is 1.50. The fourth-order valence-electron chi connectivity index (χ4n) is 0.899. The van der Waals surface area contributed by atoms with Crippen molar-refractivity contribution in [3.8, 4) is 0 Å². The van der Waals surface area contributed by atoms with Crippen molar-refractivity contribution < 1.29 is 13.6 Å². The van der Waals surface area contributed by atoms with Gasteiger partial charge in [-0.15, -0.1) is 0 Å². The zero-order valence-corrected chi connectivity index (χ0v) is 6.55. The van der Waals surface area contributed by atoms with Crippen LogP contribution in [0.25, 0.3) is 0 Å². The maximum atomic E-state index is 12.9. The van der Waals surface area contributed by atoms with E-state index in [4.69, 9.17) is 0 Å². The Balaban J connectivity index is 2.95. The van der Waals surface area contributed by atoms with E-state index in [1.165, 1.54) is 18.2 Å². The molecule has 0 spiro atoms. The van der Waals surface area contributed by atoms with Crippen molar-refractivity contribution in [2.45, 2.75) is 13.1 Å². The van der Waals surface area contributed by atoms with Crippen LogP contribution < -0.4 is 0 Å². The van der Waals surface area contributed by atoms with Crippen LogP contribution >= 0.6 is 0 Å². The van der Waals surface area contributed by atoms with Gasteiger partial charge in [-0.3, -0.25) is 4.79 Å². The molecule has 0 N–H and O–H groups in total. The lowest BCUT2D eigenvalue weighted by atomic mass is 10.1. The van der Waals surface area contributed by atoms with Crippen molar-refractivity contribution in [2.75, 3.05) is 0 Å². The number of carbonyl (C=O) groups excluding carboxylic acids is 1. The van der Waals surface area contributed by atoms with Crippen LogP contribution in [0.15, 0.2) is 24.3 Å². The maximum Gasteiger partial charge on any atom is 0.183 e. The summed E-state index contributed by atoms with van der Waals surface area (Å²) in [6.45, 7) is 1.13. The average molecular weight is 170 g/mol. The quantitative estimate of drug-likeness (QED) is 0.666. The molecule has 0 fully saturated rings. The lowest BCUT2D eigenvalue weighted by Crippen LogP contribution is -2.02. The van der Waals surface area contributed by atoms with Crippen molar-refractivity contribution >= 4 is 5.78 Å². The lowest BCUT2D eigenvalue weighted by molar-refractivity contribution is -0.121. The highest BCUT2D eigenvalue weighted by atomic mass is 19.1. The van der Waals surface area contributed by atoms with Crippen molar-refractivity contribution in [3.05, 3.63) is 35.6 Å². The normalized spacial score (nSPS) is 12.6. The Bertz CT molecular complexity index is 296. The van der Waals surface area contributed by atoms with Crippen molar-refractivity contribution in [3.63, 3.8) is 0 Å². The summed E-state index contributed by atoms with van der Waals surface area (Å²) in [5, 5.41) is 0. The topological polar surface area (TPSA) is 17.1 Å². The Kier molecular flexibility index (Phi) is 2.53. The molecular formula is C9H8F2O. The first kappa shape index (κ1) is 8.84. The number of halogens is 2. The highest BCUT2D eigenvalue weighted by Gasteiger charge is 2.14. The summed E-state index contributed by atoms with van der Waals surface area (Å²) in [6.07, 6.45) is -1.71. The molecule has 3 heteroatoms. The SMILES string of the molecule is CC(=O)C(F)c1cccc(F)c1. The second-order valence-electron chi connectivity index (χ2n) is 2.53. The number of rotatable bonds is 2. The number of ketones is 1. The fourth-order valence-corrected chi connectivity index (χ4v) is 0.899. The first-order chi connectivity index (χ1) is 5.61. The van der Waals surface area contributed by atoms with E-state index in [1.807, 2.05) is 0 Å². The molecule has 0 saturated heterocycles. The molecule has 0 aliphatic rings. The number of benzene rings is 1. The van der Waals surface area contributed by atoms with Gasteiger partial charge in [0.25, 0.3) is 0 Å². The molecule has 0 radical (unpaired) electrons. The Hall–Kier alpha value is -1.25. The van der Waals surface area contributed by atoms with E-state index in [1.54, 1.807) is 0 Å². The number of Topliss-reactive ketones (excluding diaryl/α,β-unsaturated/α-hetero) is 1. The van der Waals surface area contributed by atoms with E-state index < -0.39 is 17.8 Å². The number of alkyl halides is 1. The molecule has 0 aliphatic carbocycles. The fraction of sp³-hybridized carbons (Fsp3) is 0.222. The van der Waals surface area contributed by atoms with Crippen molar-refractivity contribution in [1.82, 2.24) is 0 Å². The second-order valence-corrected chi connectivity index (χ2v) is 2.53. The lowest BCUT2D eigenvalue weighted by Gasteiger charge is -2.03. The highest BCUT2D eigenvalue weighted by Crippen LogP contribution is 2.18. The predicted molar refractivity (Wildman–Crippen MR) is 40.9 cm³/mol. The van der Waals surface area contributed by atoms with Gasteiger partial charge >= 0.3 is 0 Å². The third kappa shape index (κ3) is 1.87. The smallest absolute Gasteiger partial charge is 0.183 e. The van der Waals surface area contributed by atoms with Crippen LogP contribution in [-0.4, -0.2) is 5.78 Å². The summed E-state index contributed by atoms with van der Waals surface area (Å²) in [7, 11) is 0. The monoisotopic (exact) mass is 170 g/mol. The summed E-state index contributed by atoms with van der Waals surface area (Å²) in [6, 6.07) is 4.98. The molecule has 1 nitrogen and oxygen atoms in total. The molecule has 1 rings (SSSR count). The maximum absolute atomic E-state index is 12.9. The summed E-state index contributed by atoms with van der Waals surface area (Å²) in [4.78, 5) is 10.6. The second kappa shape index (κ2) is 3.43. The number of carbonyl (C=O) groups is 1. The van der Waals surface area contributed by atoms with Gasteiger partial charge in [0.1, 0.15) is 5.82 Å². The minimum atomic E-state index is -1.71. The predicted octanol–water partition coefficient (Wildman–Crippen LogP) is 2.43. The van der Waals surface area contributed by atoms with Gasteiger partial charge < -0.3 is 0 Å². The molecular weight excluding hydrogens is 162 g/mol. The van der Waals surface area contributed by atoms with Gasteiger partial charge in [-0.05, 0) is 24.6 Å². The largest absolute Gasteiger partial charge is 0.296 e. The number of hydrogen-bond donors (Lipinski definition) is 0. The van der Waals surface area contributed by atoms with Crippen LogP contribution in [0.1, 0.15) is 18.7 Å². The third-order valence-electron chi connectivity index (χ3n) is 1.50. The molecule has 0 aromatic heterocycles. The Morgan fingerprint density at radius 1 is 1.50 bits per heavy atom. The van der Waals surface area contributed by atoms with E-state index in [0.717, 1.165) is 13.0 Å². The number of hydrogen-bond acceptors (Lipinski definition) is 1. The van der Waals surface area contributed by atoms with Crippen LogP contribution in [0.2, 0.25) is 0 Å². The molecule has 1 unspecified atom stereocenters. The molecule has 64 valence electrons. The van der Waals surface area contributed by atoms with E-state index in [0.29, 0.717) is 0 Å². The van der Waals surface area contributed by atoms with Gasteiger partial charge in [0.2, 0.25) is 0 Å². The van der Waals surface area contributed by atoms with E-state index in [2.05, 4.69) is 0 Å². The van der Waals surface area contributed by atoms with Crippen LogP contribution in [0, 0.1) is 5.82 Å². The standard InChI is InChI=1S/C9H8F2O/c1-6(12)9(11)7-3-2-4-8(10)5-7/h2-5,9H,1H3. The van der Waals surface area contributed by atoms with Crippen molar-refractivity contribution in [1.29, 1.82) is 0 Å². The van der Waals surface area contributed by atoms with Crippen LogP contribution in [0.4, 0.5) is 8.78 Å². The Morgan fingerprint density at radius 3 is 2.67 bits per heavy atom. The molecule has 0 bridgehead atoms. The molecule has 0 heterocycles. The van der Waals surface area contributed by atoms with E-state index >= 15 is 0 Å². The minimum Gasteiger partial charge on any atom is -0.296 e.